The SMILES string of the molecule is Cc1cc(C)cc(NC(=O)CN(C)Cc2ccccc2)c1. The highest BCUT2D eigenvalue weighted by molar-refractivity contribution is 5.92. The van der Waals surface area contributed by atoms with Crippen LogP contribution in [0.15, 0.2) is 48.5 Å². The minimum Gasteiger partial charge on any atom is -0.325 e. The highest BCUT2D eigenvalue weighted by Gasteiger charge is 2.08. The Balaban J connectivity index is 1.89. The number of benzene rings is 2. The highest BCUT2D eigenvalue weighted by Crippen LogP contribution is 2.13. The van der Waals surface area contributed by atoms with E-state index in [1.165, 1.54) is 5.56 Å². The number of likely N-dealkylation sites (N-methyl/N-ethyl adjacent to an activating group) is 1. The molecule has 110 valence electrons. The van der Waals surface area contributed by atoms with Gasteiger partial charge in [-0.1, -0.05) is 36.4 Å². The monoisotopic (exact) mass is 282 g/mol. The Kier molecular flexibility index (Phi) is 5.12. The average Bonchev–Trinajstić information content (AvgIpc) is 2.37. The van der Waals surface area contributed by atoms with E-state index in [2.05, 4.69) is 23.5 Å². The quantitative estimate of drug-likeness (QED) is 0.912. The molecule has 0 aliphatic heterocycles. The maximum absolute atomic E-state index is 12.1. The van der Waals surface area contributed by atoms with Crippen molar-refractivity contribution in [2.45, 2.75) is 20.4 Å². The lowest BCUT2D eigenvalue weighted by molar-refractivity contribution is -0.117. The molecule has 2 aromatic rings. The van der Waals surface area contributed by atoms with E-state index in [0.29, 0.717) is 6.54 Å². The van der Waals surface area contributed by atoms with Gasteiger partial charge in [-0.3, -0.25) is 9.69 Å². The van der Waals surface area contributed by atoms with E-state index in [0.717, 1.165) is 23.4 Å². The minimum absolute atomic E-state index is 0.0124. The first-order valence-corrected chi connectivity index (χ1v) is 7.13. The second-order valence-electron chi connectivity index (χ2n) is 5.58. The summed E-state index contributed by atoms with van der Waals surface area (Å²) in [7, 11) is 1.95. The minimum atomic E-state index is 0.0124. The molecule has 0 saturated carbocycles. The van der Waals surface area contributed by atoms with Gasteiger partial charge in [0, 0.05) is 12.2 Å². The van der Waals surface area contributed by atoms with Crippen LogP contribution in [0.4, 0.5) is 5.69 Å². The molecule has 3 nitrogen and oxygen atoms in total. The molecule has 0 radical (unpaired) electrons. The predicted molar refractivity (Wildman–Crippen MR) is 87.3 cm³/mol. The van der Waals surface area contributed by atoms with Gasteiger partial charge in [-0.15, -0.1) is 0 Å². The van der Waals surface area contributed by atoms with Gasteiger partial charge in [-0.25, -0.2) is 0 Å². The molecule has 1 N–H and O–H groups in total. The summed E-state index contributed by atoms with van der Waals surface area (Å²) >= 11 is 0. The van der Waals surface area contributed by atoms with Crippen molar-refractivity contribution in [1.82, 2.24) is 4.90 Å². The van der Waals surface area contributed by atoms with Gasteiger partial charge in [-0.05, 0) is 49.7 Å². The molecule has 3 heteroatoms. The second-order valence-corrected chi connectivity index (χ2v) is 5.58. The molecule has 1 amide bonds. The first-order chi connectivity index (χ1) is 10.0. The molecule has 21 heavy (non-hydrogen) atoms. The number of anilines is 1. The lowest BCUT2D eigenvalue weighted by atomic mass is 10.1. The third kappa shape index (κ3) is 5.04. The summed E-state index contributed by atoms with van der Waals surface area (Å²) in [6.45, 7) is 5.21. The molecule has 0 aliphatic carbocycles. The zero-order valence-electron chi connectivity index (χ0n) is 12.9. The predicted octanol–water partition coefficient (Wildman–Crippen LogP) is 3.37. The van der Waals surface area contributed by atoms with E-state index in [1.807, 2.05) is 56.1 Å². The zero-order valence-corrected chi connectivity index (χ0v) is 12.9. The Morgan fingerprint density at radius 2 is 1.67 bits per heavy atom. The maximum Gasteiger partial charge on any atom is 0.238 e. The van der Waals surface area contributed by atoms with Crippen LogP contribution in [0.25, 0.3) is 0 Å². The Morgan fingerprint density at radius 1 is 1.05 bits per heavy atom. The molecular formula is C18H22N2O. The molecule has 2 aromatic carbocycles. The Morgan fingerprint density at radius 3 is 2.29 bits per heavy atom. The smallest absolute Gasteiger partial charge is 0.238 e. The molecule has 0 fully saturated rings. The third-order valence-electron chi connectivity index (χ3n) is 3.21. The molecular weight excluding hydrogens is 260 g/mol. The fraction of sp³-hybridized carbons (Fsp3) is 0.278. The number of carbonyl (C=O) groups excluding carboxylic acids is 1. The van der Waals surface area contributed by atoms with Gasteiger partial charge in [0.1, 0.15) is 0 Å². The molecule has 0 spiro atoms. The molecule has 0 unspecified atom stereocenters. The van der Waals surface area contributed by atoms with Crippen molar-refractivity contribution < 1.29 is 4.79 Å². The van der Waals surface area contributed by atoms with Crippen LogP contribution >= 0.6 is 0 Å². The van der Waals surface area contributed by atoms with E-state index in [-0.39, 0.29) is 5.91 Å². The standard InChI is InChI=1S/C18H22N2O/c1-14-9-15(2)11-17(10-14)19-18(21)13-20(3)12-16-7-5-4-6-8-16/h4-11H,12-13H2,1-3H3,(H,19,21). The largest absolute Gasteiger partial charge is 0.325 e. The molecule has 0 aliphatic rings. The van der Waals surface area contributed by atoms with Crippen molar-refractivity contribution in [3.05, 3.63) is 65.2 Å². The van der Waals surface area contributed by atoms with Crippen molar-refractivity contribution in [1.29, 1.82) is 0 Å². The van der Waals surface area contributed by atoms with Gasteiger partial charge in [0.25, 0.3) is 0 Å². The number of nitrogens with zero attached hydrogens (tertiary/aromatic N) is 1. The molecule has 2 rings (SSSR count). The van der Waals surface area contributed by atoms with Crippen LogP contribution < -0.4 is 5.32 Å². The van der Waals surface area contributed by atoms with Crippen molar-refractivity contribution in [3.8, 4) is 0 Å². The highest BCUT2D eigenvalue weighted by atomic mass is 16.2. The maximum atomic E-state index is 12.1. The van der Waals surface area contributed by atoms with E-state index in [1.54, 1.807) is 0 Å². The van der Waals surface area contributed by atoms with E-state index in [9.17, 15) is 4.79 Å². The van der Waals surface area contributed by atoms with Gasteiger partial charge in [0.05, 0.1) is 6.54 Å². The fourth-order valence-corrected chi connectivity index (χ4v) is 2.44. The van der Waals surface area contributed by atoms with Crippen molar-refractivity contribution in [3.63, 3.8) is 0 Å². The third-order valence-corrected chi connectivity index (χ3v) is 3.21. The number of hydrogen-bond acceptors (Lipinski definition) is 2. The molecule has 0 atom stereocenters. The van der Waals surface area contributed by atoms with Crippen LogP contribution in [0.3, 0.4) is 0 Å². The number of amides is 1. The molecule has 0 bridgehead atoms. The van der Waals surface area contributed by atoms with Gasteiger partial charge in [-0.2, -0.15) is 0 Å². The number of hydrogen-bond donors (Lipinski definition) is 1. The molecule has 0 saturated heterocycles. The van der Waals surface area contributed by atoms with Crippen molar-refractivity contribution >= 4 is 11.6 Å². The summed E-state index contributed by atoms with van der Waals surface area (Å²) in [6, 6.07) is 16.2. The summed E-state index contributed by atoms with van der Waals surface area (Å²) in [5, 5.41) is 2.96. The van der Waals surface area contributed by atoms with Crippen molar-refractivity contribution in [2.75, 3.05) is 18.9 Å². The topological polar surface area (TPSA) is 32.3 Å². The van der Waals surface area contributed by atoms with Gasteiger partial charge < -0.3 is 5.32 Å². The lowest BCUT2D eigenvalue weighted by Gasteiger charge is -2.16. The molecule has 0 aromatic heterocycles. The summed E-state index contributed by atoms with van der Waals surface area (Å²) in [5.74, 6) is 0.0124. The van der Waals surface area contributed by atoms with Crippen LogP contribution in [-0.2, 0) is 11.3 Å². The second kappa shape index (κ2) is 7.04. The first-order valence-electron chi connectivity index (χ1n) is 7.13. The van der Waals surface area contributed by atoms with Crippen LogP contribution in [-0.4, -0.2) is 24.4 Å². The summed E-state index contributed by atoms with van der Waals surface area (Å²) in [4.78, 5) is 14.1. The number of rotatable bonds is 5. The Hall–Kier alpha value is -2.13. The average molecular weight is 282 g/mol. The number of aryl methyl sites for hydroxylation is 2. The van der Waals surface area contributed by atoms with Crippen LogP contribution in [0.5, 0.6) is 0 Å². The Bertz CT molecular complexity index is 588. The number of nitrogens with one attached hydrogen (secondary N) is 1. The van der Waals surface area contributed by atoms with Gasteiger partial charge >= 0.3 is 0 Å². The zero-order chi connectivity index (χ0) is 15.2. The normalized spacial score (nSPS) is 10.7. The van der Waals surface area contributed by atoms with E-state index < -0.39 is 0 Å². The van der Waals surface area contributed by atoms with Gasteiger partial charge in [0.15, 0.2) is 0 Å². The van der Waals surface area contributed by atoms with Crippen LogP contribution in [0.2, 0.25) is 0 Å². The van der Waals surface area contributed by atoms with E-state index in [4.69, 9.17) is 0 Å². The number of carbonyl (C=O) groups is 1. The summed E-state index contributed by atoms with van der Waals surface area (Å²) in [6.07, 6.45) is 0. The summed E-state index contributed by atoms with van der Waals surface area (Å²) in [5.41, 5.74) is 4.38. The fourth-order valence-electron chi connectivity index (χ4n) is 2.44. The van der Waals surface area contributed by atoms with E-state index >= 15 is 0 Å². The Labute approximate surface area is 126 Å². The van der Waals surface area contributed by atoms with Crippen molar-refractivity contribution in [2.24, 2.45) is 0 Å². The van der Waals surface area contributed by atoms with Crippen LogP contribution in [0.1, 0.15) is 16.7 Å². The molecule has 0 heterocycles. The summed E-state index contributed by atoms with van der Waals surface area (Å²) < 4.78 is 0. The van der Waals surface area contributed by atoms with Gasteiger partial charge in [0.2, 0.25) is 5.91 Å². The first kappa shape index (κ1) is 15.3. The van der Waals surface area contributed by atoms with Crippen LogP contribution in [0, 0.1) is 13.8 Å². The lowest BCUT2D eigenvalue weighted by Crippen LogP contribution is -2.29.